The van der Waals surface area contributed by atoms with E-state index in [0.29, 0.717) is 42.0 Å². The van der Waals surface area contributed by atoms with Crippen molar-refractivity contribution in [3.8, 4) is 0 Å². The summed E-state index contributed by atoms with van der Waals surface area (Å²) in [7, 11) is 0. The predicted octanol–water partition coefficient (Wildman–Crippen LogP) is 2.56. The molecule has 1 aromatic carbocycles. The Balaban J connectivity index is 1.33. The van der Waals surface area contributed by atoms with Crippen molar-refractivity contribution in [2.45, 2.75) is 45.6 Å². The van der Waals surface area contributed by atoms with Crippen molar-refractivity contribution in [2.24, 2.45) is 11.3 Å². The van der Waals surface area contributed by atoms with E-state index in [1.54, 1.807) is 13.1 Å². The standard InChI is InChI=1S/C22H26N4O2/c1-15-24-14-17(20(27)25-13-16-6-3-2-4-7-16)19(26-15)8-11-23-21(28)18-12-22(18)9-5-10-22/h2-4,6-7,14,18H,5,8-13H2,1H3,(H,23,28)(H,25,27). The summed E-state index contributed by atoms with van der Waals surface area (Å²) >= 11 is 0. The van der Waals surface area contributed by atoms with Crippen molar-refractivity contribution in [3.05, 3.63) is 59.2 Å². The van der Waals surface area contributed by atoms with Gasteiger partial charge in [-0.1, -0.05) is 36.8 Å². The number of aryl methyl sites for hydroxylation is 1. The Morgan fingerprint density at radius 1 is 1.18 bits per heavy atom. The molecule has 1 spiro atoms. The van der Waals surface area contributed by atoms with Gasteiger partial charge >= 0.3 is 0 Å². The fraction of sp³-hybridized carbons (Fsp3) is 0.455. The first-order valence-corrected chi connectivity index (χ1v) is 10.00. The molecule has 2 N–H and O–H groups in total. The third-order valence-electron chi connectivity index (χ3n) is 6.05. The normalized spacial score (nSPS) is 19.0. The molecule has 1 heterocycles. The van der Waals surface area contributed by atoms with Gasteiger partial charge in [-0.15, -0.1) is 0 Å². The number of carbonyl (C=O) groups is 2. The minimum absolute atomic E-state index is 0.153. The summed E-state index contributed by atoms with van der Waals surface area (Å²) in [6.45, 7) is 2.74. The number of benzene rings is 1. The maximum absolute atomic E-state index is 12.6. The van der Waals surface area contributed by atoms with E-state index in [9.17, 15) is 9.59 Å². The van der Waals surface area contributed by atoms with Crippen molar-refractivity contribution in [1.82, 2.24) is 20.6 Å². The maximum Gasteiger partial charge on any atom is 0.254 e. The van der Waals surface area contributed by atoms with Gasteiger partial charge in [-0.05, 0) is 37.2 Å². The SMILES string of the molecule is Cc1ncc(C(=O)NCc2ccccc2)c(CCNC(=O)C2CC23CCC3)n1. The summed E-state index contributed by atoms with van der Waals surface area (Å²) in [6, 6.07) is 9.76. The largest absolute Gasteiger partial charge is 0.355 e. The van der Waals surface area contributed by atoms with Crippen LogP contribution in [0.4, 0.5) is 0 Å². The van der Waals surface area contributed by atoms with Crippen LogP contribution in [-0.2, 0) is 17.8 Å². The molecule has 1 atom stereocenters. The van der Waals surface area contributed by atoms with Crippen LogP contribution in [0.2, 0.25) is 0 Å². The molecule has 2 saturated carbocycles. The zero-order valence-corrected chi connectivity index (χ0v) is 16.2. The lowest BCUT2D eigenvalue weighted by Gasteiger charge is -2.26. The minimum atomic E-state index is -0.194. The smallest absolute Gasteiger partial charge is 0.254 e. The van der Waals surface area contributed by atoms with Crippen LogP contribution >= 0.6 is 0 Å². The molecule has 146 valence electrons. The average Bonchev–Trinajstić information content (AvgIpc) is 3.44. The van der Waals surface area contributed by atoms with Crippen molar-refractivity contribution >= 4 is 11.8 Å². The van der Waals surface area contributed by atoms with E-state index in [2.05, 4.69) is 20.6 Å². The highest BCUT2D eigenvalue weighted by molar-refractivity contribution is 5.95. The molecule has 28 heavy (non-hydrogen) atoms. The van der Waals surface area contributed by atoms with Crippen LogP contribution in [0.3, 0.4) is 0 Å². The van der Waals surface area contributed by atoms with Gasteiger partial charge in [0.25, 0.3) is 5.91 Å². The van der Waals surface area contributed by atoms with E-state index in [0.717, 1.165) is 12.0 Å². The zero-order chi connectivity index (χ0) is 19.6. The van der Waals surface area contributed by atoms with Crippen molar-refractivity contribution in [1.29, 1.82) is 0 Å². The Morgan fingerprint density at radius 2 is 1.96 bits per heavy atom. The molecule has 1 unspecified atom stereocenters. The van der Waals surface area contributed by atoms with Gasteiger partial charge in [-0.3, -0.25) is 9.59 Å². The van der Waals surface area contributed by atoms with Gasteiger partial charge in [0.05, 0.1) is 11.3 Å². The van der Waals surface area contributed by atoms with E-state index in [4.69, 9.17) is 0 Å². The lowest BCUT2D eigenvalue weighted by Crippen LogP contribution is -2.32. The molecule has 2 aliphatic rings. The third-order valence-corrected chi connectivity index (χ3v) is 6.05. The molecule has 2 aliphatic carbocycles. The van der Waals surface area contributed by atoms with E-state index in [1.165, 1.54) is 19.3 Å². The van der Waals surface area contributed by atoms with E-state index < -0.39 is 0 Å². The molecule has 1 aromatic heterocycles. The fourth-order valence-electron chi connectivity index (χ4n) is 4.10. The van der Waals surface area contributed by atoms with Gasteiger partial charge in [0.15, 0.2) is 0 Å². The molecule has 2 aromatic rings. The summed E-state index contributed by atoms with van der Waals surface area (Å²) < 4.78 is 0. The Kier molecular flexibility index (Phi) is 5.11. The topological polar surface area (TPSA) is 84.0 Å². The lowest BCUT2D eigenvalue weighted by molar-refractivity contribution is -0.123. The Bertz CT molecular complexity index is 877. The van der Waals surface area contributed by atoms with Crippen molar-refractivity contribution in [3.63, 3.8) is 0 Å². The zero-order valence-electron chi connectivity index (χ0n) is 16.2. The Labute approximate surface area is 165 Å². The number of aromatic nitrogens is 2. The Morgan fingerprint density at radius 3 is 2.64 bits per heavy atom. The molecular weight excluding hydrogens is 352 g/mol. The molecule has 0 radical (unpaired) electrons. The number of hydrogen-bond acceptors (Lipinski definition) is 4. The molecule has 0 bridgehead atoms. The van der Waals surface area contributed by atoms with E-state index in [1.807, 2.05) is 30.3 Å². The second-order valence-corrected chi connectivity index (χ2v) is 7.96. The van der Waals surface area contributed by atoms with Crippen LogP contribution in [0.15, 0.2) is 36.5 Å². The molecular formula is C22H26N4O2. The van der Waals surface area contributed by atoms with Crippen LogP contribution in [0.1, 0.15) is 53.1 Å². The highest BCUT2D eigenvalue weighted by Gasteiger charge is 2.60. The number of nitrogens with one attached hydrogen (secondary N) is 2. The monoisotopic (exact) mass is 378 g/mol. The number of hydrogen-bond donors (Lipinski definition) is 2. The number of amides is 2. The molecule has 6 nitrogen and oxygen atoms in total. The second-order valence-electron chi connectivity index (χ2n) is 7.96. The summed E-state index contributed by atoms with van der Waals surface area (Å²) in [6.07, 6.45) is 6.78. The Hall–Kier alpha value is -2.76. The summed E-state index contributed by atoms with van der Waals surface area (Å²) in [4.78, 5) is 33.6. The number of nitrogens with zero attached hydrogens (tertiary/aromatic N) is 2. The van der Waals surface area contributed by atoms with E-state index >= 15 is 0 Å². The molecule has 4 rings (SSSR count). The van der Waals surface area contributed by atoms with Crippen LogP contribution in [0.5, 0.6) is 0 Å². The summed E-state index contributed by atoms with van der Waals surface area (Å²) in [5, 5.41) is 5.95. The van der Waals surface area contributed by atoms with Crippen molar-refractivity contribution in [2.75, 3.05) is 6.54 Å². The first-order chi connectivity index (χ1) is 13.6. The van der Waals surface area contributed by atoms with Crippen LogP contribution in [-0.4, -0.2) is 28.3 Å². The third kappa shape index (κ3) is 3.91. The van der Waals surface area contributed by atoms with Crippen LogP contribution < -0.4 is 10.6 Å². The second kappa shape index (κ2) is 7.70. The number of rotatable bonds is 7. The summed E-state index contributed by atoms with van der Waals surface area (Å²) in [5.41, 5.74) is 2.51. The number of carbonyl (C=O) groups excluding carboxylic acids is 2. The lowest BCUT2D eigenvalue weighted by atomic mass is 9.80. The van der Waals surface area contributed by atoms with Crippen molar-refractivity contribution < 1.29 is 9.59 Å². The first-order valence-electron chi connectivity index (χ1n) is 10.00. The van der Waals surface area contributed by atoms with Gasteiger partial charge in [0.1, 0.15) is 5.82 Å². The molecule has 0 saturated heterocycles. The quantitative estimate of drug-likeness (QED) is 0.776. The fourth-order valence-corrected chi connectivity index (χ4v) is 4.10. The molecule has 2 amide bonds. The van der Waals surface area contributed by atoms with Gasteiger partial charge in [0.2, 0.25) is 5.91 Å². The van der Waals surface area contributed by atoms with Gasteiger partial charge in [-0.2, -0.15) is 0 Å². The highest BCUT2D eigenvalue weighted by Crippen LogP contribution is 2.65. The van der Waals surface area contributed by atoms with E-state index in [-0.39, 0.29) is 17.7 Å². The maximum atomic E-state index is 12.6. The average molecular weight is 378 g/mol. The van der Waals surface area contributed by atoms with Crippen LogP contribution in [0, 0.1) is 18.3 Å². The first kappa shape index (κ1) is 18.6. The van der Waals surface area contributed by atoms with Gasteiger partial charge in [-0.25, -0.2) is 9.97 Å². The van der Waals surface area contributed by atoms with Gasteiger partial charge < -0.3 is 10.6 Å². The predicted molar refractivity (Wildman–Crippen MR) is 105 cm³/mol. The highest BCUT2D eigenvalue weighted by atomic mass is 16.2. The molecule has 0 aliphatic heterocycles. The van der Waals surface area contributed by atoms with Crippen LogP contribution in [0.25, 0.3) is 0 Å². The minimum Gasteiger partial charge on any atom is -0.355 e. The molecule has 2 fully saturated rings. The van der Waals surface area contributed by atoms with Gasteiger partial charge in [0, 0.05) is 31.6 Å². The summed E-state index contributed by atoms with van der Waals surface area (Å²) in [5.74, 6) is 0.778. The molecule has 6 heteroatoms.